The molecule has 2 rings (SSSR count). The van der Waals surface area contributed by atoms with E-state index in [9.17, 15) is 0 Å². The number of hydrogen-bond donors (Lipinski definition) is 1. The summed E-state index contributed by atoms with van der Waals surface area (Å²) in [7, 11) is 1.92. The van der Waals surface area contributed by atoms with Crippen LogP contribution in [0.15, 0.2) is 33.4 Å². The van der Waals surface area contributed by atoms with E-state index in [1.165, 1.54) is 0 Å². The molecule has 17 heavy (non-hydrogen) atoms. The van der Waals surface area contributed by atoms with E-state index in [0.717, 1.165) is 27.2 Å². The first-order valence-electron chi connectivity index (χ1n) is 5.47. The molecule has 90 valence electrons. The second-order valence-corrected chi connectivity index (χ2v) is 4.89. The van der Waals surface area contributed by atoms with Crippen LogP contribution in [0.25, 0.3) is 0 Å². The fourth-order valence-corrected chi connectivity index (χ4v) is 2.42. The van der Waals surface area contributed by atoms with Gasteiger partial charge < -0.3 is 9.73 Å². The van der Waals surface area contributed by atoms with E-state index in [2.05, 4.69) is 38.4 Å². The number of halogens is 1. The number of rotatable bonds is 3. The summed E-state index contributed by atoms with van der Waals surface area (Å²) < 4.78 is 6.50. The normalized spacial score (nSPS) is 12.7. The summed E-state index contributed by atoms with van der Waals surface area (Å²) in [5, 5.41) is 3.26. The zero-order valence-electron chi connectivity index (χ0n) is 10.1. The smallest absolute Gasteiger partial charge is 0.139 e. The molecule has 0 radical (unpaired) electrons. The Morgan fingerprint density at radius 1 is 1.29 bits per heavy atom. The van der Waals surface area contributed by atoms with E-state index < -0.39 is 0 Å². The molecule has 2 aromatic rings. The zero-order valence-corrected chi connectivity index (χ0v) is 11.7. The lowest BCUT2D eigenvalue weighted by molar-refractivity contribution is 0.460. The number of nitrogens with one attached hydrogen (secondary N) is 1. The van der Waals surface area contributed by atoms with Gasteiger partial charge in [-0.05, 0) is 60.6 Å². The van der Waals surface area contributed by atoms with Gasteiger partial charge in [0, 0.05) is 11.4 Å². The molecule has 2 heterocycles. The lowest BCUT2D eigenvalue weighted by Gasteiger charge is -2.16. The van der Waals surface area contributed by atoms with Gasteiger partial charge in [-0.25, -0.2) is 0 Å². The lowest BCUT2D eigenvalue weighted by atomic mass is 10.0. The first-order chi connectivity index (χ1) is 8.11. The fraction of sp³-hybridized carbons (Fsp3) is 0.308. The van der Waals surface area contributed by atoms with Crippen LogP contribution in [-0.4, -0.2) is 12.0 Å². The highest BCUT2D eigenvalue weighted by Crippen LogP contribution is 2.29. The maximum Gasteiger partial charge on any atom is 0.139 e. The van der Waals surface area contributed by atoms with E-state index >= 15 is 0 Å². The van der Waals surface area contributed by atoms with Crippen LogP contribution < -0.4 is 5.32 Å². The number of nitrogens with zero attached hydrogens (tertiary/aromatic N) is 1. The third-order valence-corrected chi connectivity index (χ3v) is 3.29. The summed E-state index contributed by atoms with van der Waals surface area (Å²) in [5.74, 6) is 0.887. The molecule has 2 aromatic heterocycles. The summed E-state index contributed by atoms with van der Waals surface area (Å²) in [4.78, 5) is 4.38. The first-order valence-corrected chi connectivity index (χ1v) is 6.26. The Morgan fingerprint density at radius 2 is 1.94 bits per heavy atom. The molecule has 0 aliphatic rings. The van der Waals surface area contributed by atoms with Gasteiger partial charge >= 0.3 is 0 Å². The van der Waals surface area contributed by atoms with Gasteiger partial charge in [0.05, 0.1) is 16.8 Å². The average molecular weight is 295 g/mol. The Balaban J connectivity index is 2.45. The quantitative estimate of drug-likeness (QED) is 0.943. The highest BCUT2D eigenvalue weighted by Gasteiger charge is 2.18. The molecule has 0 spiro atoms. The van der Waals surface area contributed by atoms with Crippen molar-refractivity contribution in [2.45, 2.75) is 19.9 Å². The van der Waals surface area contributed by atoms with Crippen molar-refractivity contribution < 1.29 is 4.42 Å². The molecule has 4 heteroatoms. The molecule has 0 saturated carbocycles. The van der Waals surface area contributed by atoms with Crippen LogP contribution >= 0.6 is 15.9 Å². The van der Waals surface area contributed by atoms with Gasteiger partial charge in [0.2, 0.25) is 0 Å². The molecular formula is C13H15BrN2O. The maximum absolute atomic E-state index is 5.52. The van der Waals surface area contributed by atoms with Crippen molar-refractivity contribution in [1.29, 1.82) is 0 Å². The van der Waals surface area contributed by atoms with Crippen molar-refractivity contribution in [1.82, 2.24) is 10.3 Å². The van der Waals surface area contributed by atoms with E-state index in [1.807, 2.05) is 27.0 Å². The monoisotopic (exact) mass is 294 g/mol. The van der Waals surface area contributed by atoms with Crippen LogP contribution in [0.4, 0.5) is 0 Å². The Bertz CT molecular complexity index is 502. The highest BCUT2D eigenvalue weighted by molar-refractivity contribution is 9.10. The van der Waals surface area contributed by atoms with Crippen LogP contribution in [0.5, 0.6) is 0 Å². The molecule has 0 aromatic carbocycles. The van der Waals surface area contributed by atoms with Gasteiger partial charge in [0.1, 0.15) is 5.76 Å². The Morgan fingerprint density at radius 3 is 2.41 bits per heavy atom. The standard InChI is InChI=1S/C13H15BrN2O/c1-8-6-10(7-9(2)16-8)12(15-3)13-11(14)4-5-17-13/h4-7,12,15H,1-3H3. The van der Waals surface area contributed by atoms with Gasteiger partial charge in [-0.2, -0.15) is 0 Å². The van der Waals surface area contributed by atoms with Crippen LogP contribution in [0.3, 0.4) is 0 Å². The van der Waals surface area contributed by atoms with Gasteiger partial charge in [0.25, 0.3) is 0 Å². The second-order valence-electron chi connectivity index (χ2n) is 4.04. The molecule has 0 saturated heterocycles. The Hall–Kier alpha value is -1.13. The maximum atomic E-state index is 5.52. The zero-order chi connectivity index (χ0) is 12.4. The Labute approximate surface area is 109 Å². The van der Waals surface area contributed by atoms with Crippen molar-refractivity contribution >= 4 is 15.9 Å². The SMILES string of the molecule is CNC(c1cc(C)nc(C)c1)c1occc1Br. The van der Waals surface area contributed by atoms with Crippen LogP contribution in [0, 0.1) is 13.8 Å². The van der Waals surface area contributed by atoms with Crippen molar-refractivity contribution in [2.75, 3.05) is 7.05 Å². The third-order valence-electron chi connectivity index (χ3n) is 2.63. The van der Waals surface area contributed by atoms with Crippen molar-refractivity contribution in [2.24, 2.45) is 0 Å². The molecule has 0 fully saturated rings. The minimum atomic E-state index is 0.0415. The van der Waals surface area contributed by atoms with Crippen LogP contribution in [-0.2, 0) is 0 Å². The molecule has 1 atom stereocenters. The number of furan rings is 1. The van der Waals surface area contributed by atoms with Crippen molar-refractivity contribution in [3.8, 4) is 0 Å². The predicted molar refractivity (Wildman–Crippen MR) is 71.0 cm³/mol. The predicted octanol–water partition coefficient (Wildman–Crippen LogP) is 3.36. The minimum Gasteiger partial charge on any atom is -0.466 e. The molecule has 1 N–H and O–H groups in total. The summed E-state index contributed by atoms with van der Waals surface area (Å²) in [5.41, 5.74) is 3.19. The molecule has 0 amide bonds. The third kappa shape index (κ3) is 2.58. The largest absolute Gasteiger partial charge is 0.466 e. The molecule has 0 aliphatic heterocycles. The first kappa shape index (κ1) is 12.3. The van der Waals surface area contributed by atoms with E-state index in [-0.39, 0.29) is 6.04 Å². The van der Waals surface area contributed by atoms with E-state index in [4.69, 9.17) is 4.42 Å². The van der Waals surface area contributed by atoms with Crippen molar-refractivity contribution in [3.63, 3.8) is 0 Å². The highest BCUT2D eigenvalue weighted by atomic mass is 79.9. The van der Waals surface area contributed by atoms with Crippen LogP contribution in [0.1, 0.15) is 28.8 Å². The number of aryl methyl sites for hydroxylation is 2. The number of pyridine rings is 1. The summed E-state index contributed by atoms with van der Waals surface area (Å²) in [6, 6.07) is 6.09. The summed E-state index contributed by atoms with van der Waals surface area (Å²) >= 11 is 3.49. The molecular weight excluding hydrogens is 280 g/mol. The van der Waals surface area contributed by atoms with Crippen LogP contribution in [0.2, 0.25) is 0 Å². The van der Waals surface area contributed by atoms with E-state index in [0.29, 0.717) is 0 Å². The van der Waals surface area contributed by atoms with Gasteiger partial charge in [-0.15, -0.1) is 0 Å². The van der Waals surface area contributed by atoms with Gasteiger partial charge in [-0.3, -0.25) is 4.98 Å². The second kappa shape index (κ2) is 5.02. The topological polar surface area (TPSA) is 38.1 Å². The molecule has 0 aliphatic carbocycles. The molecule has 1 unspecified atom stereocenters. The average Bonchev–Trinajstić information content (AvgIpc) is 2.65. The summed E-state index contributed by atoms with van der Waals surface area (Å²) in [6.07, 6.45) is 1.69. The lowest BCUT2D eigenvalue weighted by Crippen LogP contribution is -2.18. The number of aromatic nitrogens is 1. The number of hydrogen-bond acceptors (Lipinski definition) is 3. The molecule has 3 nitrogen and oxygen atoms in total. The van der Waals surface area contributed by atoms with E-state index in [1.54, 1.807) is 6.26 Å². The van der Waals surface area contributed by atoms with Gasteiger partial charge in [-0.1, -0.05) is 0 Å². The Kier molecular flexibility index (Phi) is 3.64. The fourth-order valence-electron chi connectivity index (χ4n) is 1.99. The minimum absolute atomic E-state index is 0.0415. The van der Waals surface area contributed by atoms with Crippen molar-refractivity contribution in [3.05, 3.63) is 51.6 Å². The summed E-state index contributed by atoms with van der Waals surface area (Å²) in [6.45, 7) is 4.00. The molecule has 0 bridgehead atoms. The van der Waals surface area contributed by atoms with Gasteiger partial charge in [0.15, 0.2) is 0 Å².